The van der Waals surface area contributed by atoms with Crippen LogP contribution in [-0.4, -0.2) is 10.8 Å². The highest BCUT2D eigenvalue weighted by Gasteiger charge is 2.18. The van der Waals surface area contributed by atoms with Gasteiger partial charge >= 0.3 is 0 Å². The second-order valence-corrected chi connectivity index (χ2v) is 9.95. The number of thiophene rings is 1. The minimum Gasteiger partial charge on any atom is -0.382 e. The van der Waals surface area contributed by atoms with Crippen LogP contribution in [-0.2, 0) is 6.42 Å². The fraction of sp³-hybridized carbons (Fsp3) is 0.333. The SMILES string of the molecule is CCCC1CC=C(c2ccc(-c3cc(-c4ccc(CC)s4)c(/C(N)=N/NN)c(=O)[nH]3)cc2)CC1. The highest BCUT2D eigenvalue weighted by atomic mass is 32.1. The number of hydrazone groups is 1. The summed E-state index contributed by atoms with van der Waals surface area (Å²) in [5.74, 6) is 6.20. The Labute approximate surface area is 204 Å². The largest absolute Gasteiger partial charge is 0.382 e. The molecule has 6 nitrogen and oxygen atoms in total. The number of allylic oxidation sites excluding steroid dienone is 2. The van der Waals surface area contributed by atoms with Gasteiger partial charge in [0.15, 0.2) is 5.84 Å². The molecule has 0 bridgehead atoms. The number of aromatic nitrogens is 1. The molecule has 4 rings (SSSR count). The van der Waals surface area contributed by atoms with Gasteiger partial charge in [0.05, 0.1) is 5.56 Å². The highest BCUT2D eigenvalue weighted by Crippen LogP contribution is 2.35. The third-order valence-electron chi connectivity index (χ3n) is 6.53. The number of pyridine rings is 1. The molecule has 0 saturated carbocycles. The molecule has 3 aromatic rings. The van der Waals surface area contributed by atoms with E-state index in [0.717, 1.165) is 40.5 Å². The normalized spacial score (nSPS) is 16.4. The molecule has 7 heteroatoms. The molecule has 6 N–H and O–H groups in total. The monoisotopic (exact) mass is 475 g/mol. The average molecular weight is 476 g/mol. The van der Waals surface area contributed by atoms with Gasteiger partial charge in [0.1, 0.15) is 0 Å². The van der Waals surface area contributed by atoms with Gasteiger partial charge in [-0.3, -0.25) is 4.79 Å². The van der Waals surface area contributed by atoms with E-state index in [0.29, 0.717) is 5.56 Å². The van der Waals surface area contributed by atoms with Gasteiger partial charge < -0.3 is 10.7 Å². The fourth-order valence-electron chi connectivity index (χ4n) is 4.69. The number of aromatic amines is 1. The first kappa shape index (κ1) is 24.0. The molecule has 1 aliphatic rings. The predicted octanol–water partition coefficient (Wildman–Crippen LogP) is 5.40. The van der Waals surface area contributed by atoms with Crippen LogP contribution >= 0.6 is 11.3 Å². The number of nitrogens with one attached hydrogen (secondary N) is 2. The minimum absolute atomic E-state index is 0.0534. The Kier molecular flexibility index (Phi) is 7.65. The second kappa shape index (κ2) is 10.8. The minimum atomic E-state index is -0.295. The molecule has 0 fully saturated rings. The van der Waals surface area contributed by atoms with Gasteiger partial charge in [0, 0.05) is 21.0 Å². The van der Waals surface area contributed by atoms with Crippen LogP contribution in [0.4, 0.5) is 0 Å². The summed E-state index contributed by atoms with van der Waals surface area (Å²) in [6, 6.07) is 14.5. The lowest BCUT2D eigenvalue weighted by molar-refractivity contribution is 0.445. The summed E-state index contributed by atoms with van der Waals surface area (Å²) < 4.78 is 0. The van der Waals surface area contributed by atoms with E-state index in [9.17, 15) is 4.79 Å². The summed E-state index contributed by atoms with van der Waals surface area (Å²) in [6.07, 6.45) is 9.47. The Hall–Kier alpha value is -3.16. The number of amidine groups is 1. The van der Waals surface area contributed by atoms with E-state index in [4.69, 9.17) is 11.6 Å². The topological polar surface area (TPSA) is 109 Å². The number of aryl methyl sites for hydroxylation is 1. The first-order chi connectivity index (χ1) is 16.5. The van der Waals surface area contributed by atoms with Crippen molar-refractivity contribution in [3.63, 3.8) is 0 Å². The first-order valence-corrected chi connectivity index (χ1v) is 12.8. The van der Waals surface area contributed by atoms with E-state index in [1.54, 1.807) is 11.3 Å². The Balaban J connectivity index is 1.69. The number of hydrogen-bond acceptors (Lipinski definition) is 5. The fourth-order valence-corrected chi connectivity index (χ4v) is 5.66. The number of nitrogens with two attached hydrogens (primary N) is 2. The molecule has 0 aliphatic heterocycles. The number of rotatable bonds is 8. The molecule has 34 heavy (non-hydrogen) atoms. The molecular formula is C27H33N5OS. The lowest BCUT2D eigenvalue weighted by Crippen LogP contribution is -2.29. The van der Waals surface area contributed by atoms with Crippen molar-refractivity contribution >= 4 is 22.7 Å². The summed E-state index contributed by atoms with van der Waals surface area (Å²) in [5, 5.41) is 3.85. The van der Waals surface area contributed by atoms with Gasteiger partial charge in [-0.1, -0.05) is 57.0 Å². The van der Waals surface area contributed by atoms with Gasteiger partial charge in [-0.25, -0.2) is 11.4 Å². The molecular weight excluding hydrogens is 442 g/mol. The van der Waals surface area contributed by atoms with Crippen molar-refractivity contribution in [3.05, 3.63) is 74.9 Å². The molecule has 2 heterocycles. The van der Waals surface area contributed by atoms with E-state index in [-0.39, 0.29) is 11.4 Å². The molecule has 1 atom stereocenters. The molecule has 1 aromatic carbocycles. The van der Waals surface area contributed by atoms with Crippen molar-refractivity contribution in [1.82, 2.24) is 10.5 Å². The Morgan fingerprint density at radius 1 is 1.18 bits per heavy atom. The smallest absolute Gasteiger partial charge is 0.260 e. The third-order valence-corrected chi connectivity index (χ3v) is 7.80. The van der Waals surface area contributed by atoms with Gasteiger partial charge in [0.25, 0.3) is 5.56 Å². The third kappa shape index (κ3) is 5.16. The summed E-state index contributed by atoms with van der Waals surface area (Å²) in [4.78, 5) is 18.3. The lowest BCUT2D eigenvalue weighted by Gasteiger charge is -2.21. The van der Waals surface area contributed by atoms with Crippen LogP contribution < -0.4 is 22.7 Å². The van der Waals surface area contributed by atoms with Crippen molar-refractivity contribution in [2.45, 2.75) is 52.4 Å². The summed E-state index contributed by atoms with van der Waals surface area (Å²) in [7, 11) is 0. The van der Waals surface area contributed by atoms with Gasteiger partial charge in [-0.15, -0.1) is 16.4 Å². The van der Waals surface area contributed by atoms with Crippen LogP contribution in [0, 0.1) is 5.92 Å². The molecule has 178 valence electrons. The van der Waals surface area contributed by atoms with Crippen molar-refractivity contribution < 1.29 is 0 Å². The Bertz CT molecular complexity index is 1250. The molecule has 2 aromatic heterocycles. The van der Waals surface area contributed by atoms with Crippen molar-refractivity contribution in [3.8, 4) is 21.7 Å². The van der Waals surface area contributed by atoms with E-state index >= 15 is 0 Å². The van der Waals surface area contributed by atoms with Gasteiger partial charge in [0.2, 0.25) is 0 Å². The highest BCUT2D eigenvalue weighted by molar-refractivity contribution is 7.15. The van der Waals surface area contributed by atoms with Crippen LogP contribution in [0.25, 0.3) is 27.3 Å². The maximum absolute atomic E-state index is 13.1. The molecule has 0 radical (unpaired) electrons. The quantitative estimate of drug-likeness (QED) is 0.151. The number of H-pyrrole nitrogens is 1. The summed E-state index contributed by atoms with van der Waals surface area (Å²) in [5.41, 5.74) is 13.4. The molecule has 0 saturated heterocycles. The zero-order valence-corrected chi connectivity index (χ0v) is 20.7. The van der Waals surface area contributed by atoms with E-state index in [1.165, 1.54) is 41.7 Å². The van der Waals surface area contributed by atoms with Crippen LogP contribution in [0.15, 0.2) is 58.4 Å². The lowest BCUT2D eigenvalue weighted by atomic mass is 9.84. The maximum atomic E-state index is 13.1. The van der Waals surface area contributed by atoms with E-state index in [1.807, 2.05) is 12.1 Å². The van der Waals surface area contributed by atoms with Gasteiger partial charge in [-0.05, 0) is 66.5 Å². The number of hydrazine groups is 1. The van der Waals surface area contributed by atoms with Crippen molar-refractivity contribution in [2.24, 2.45) is 22.6 Å². The van der Waals surface area contributed by atoms with Crippen LogP contribution in [0.1, 0.15) is 62.0 Å². The zero-order chi connectivity index (χ0) is 24.1. The standard InChI is InChI=1S/C27H33N5OS/c1-3-5-17-6-8-18(9-7-17)19-10-12-20(13-11-19)23-16-22(24-15-14-21(4-2)34-24)25(27(33)30-23)26(28)31-32-29/h8,10-17,32H,3-7,9,29H2,1-2H3,(H2,28,31)(H,30,33). The molecule has 0 amide bonds. The van der Waals surface area contributed by atoms with E-state index < -0.39 is 0 Å². The van der Waals surface area contributed by atoms with Crippen LogP contribution in [0.5, 0.6) is 0 Å². The van der Waals surface area contributed by atoms with Gasteiger partial charge in [-0.2, -0.15) is 0 Å². The van der Waals surface area contributed by atoms with E-state index in [2.05, 4.69) is 65.9 Å². The van der Waals surface area contributed by atoms with Crippen LogP contribution in [0.2, 0.25) is 0 Å². The molecule has 1 aliphatic carbocycles. The number of benzene rings is 1. The summed E-state index contributed by atoms with van der Waals surface area (Å²) >= 11 is 1.65. The summed E-state index contributed by atoms with van der Waals surface area (Å²) in [6.45, 7) is 4.37. The maximum Gasteiger partial charge on any atom is 0.260 e. The first-order valence-electron chi connectivity index (χ1n) is 12.0. The number of hydrogen-bond donors (Lipinski definition) is 4. The number of nitrogens with zero attached hydrogens (tertiary/aromatic N) is 1. The second-order valence-electron chi connectivity index (χ2n) is 8.78. The Morgan fingerprint density at radius 2 is 1.94 bits per heavy atom. The molecule has 0 spiro atoms. The zero-order valence-electron chi connectivity index (χ0n) is 19.9. The van der Waals surface area contributed by atoms with Crippen molar-refractivity contribution in [2.75, 3.05) is 0 Å². The van der Waals surface area contributed by atoms with Crippen molar-refractivity contribution in [1.29, 1.82) is 0 Å². The predicted molar refractivity (Wildman–Crippen MR) is 143 cm³/mol. The average Bonchev–Trinajstić information content (AvgIpc) is 3.34. The van der Waals surface area contributed by atoms with Crippen LogP contribution in [0.3, 0.4) is 0 Å². The molecule has 1 unspecified atom stereocenters. The Morgan fingerprint density at radius 3 is 2.56 bits per heavy atom.